The molecule has 0 atom stereocenters. The number of benzene rings is 1. The Bertz CT molecular complexity index is 685. The summed E-state index contributed by atoms with van der Waals surface area (Å²) in [6.07, 6.45) is 0. The van der Waals surface area contributed by atoms with Gasteiger partial charge in [0.15, 0.2) is 0 Å². The van der Waals surface area contributed by atoms with E-state index in [4.69, 9.17) is 11.6 Å². The van der Waals surface area contributed by atoms with E-state index in [1.165, 1.54) is 18.2 Å². The second-order valence-corrected chi connectivity index (χ2v) is 5.88. The lowest BCUT2D eigenvalue weighted by atomic mass is 10.1. The van der Waals surface area contributed by atoms with E-state index in [-0.39, 0.29) is 16.5 Å². The third kappa shape index (κ3) is 2.97. The number of nitrogens with zero attached hydrogens (tertiary/aromatic N) is 1. The van der Waals surface area contributed by atoms with Gasteiger partial charge in [-0.15, -0.1) is 0 Å². The number of rotatable bonds is 2. The van der Waals surface area contributed by atoms with Gasteiger partial charge in [-0.05, 0) is 46.7 Å². The van der Waals surface area contributed by atoms with E-state index in [9.17, 15) is 9.18 Å². The molecule has 0 fully saturated rings. The van der Waals surface area contributed by atoms with Crippen LogP contribution in [-0.2, 0) is 0 Å². The molecule has 0 radical (unpaired) electrons. The number of halogens is 3. The molecule has 0 amide bonds. The fourth-order valence-corrected chi connectivity index (χ4v) is 2.70. The molecule has 0 aliphatic heterocycles. The summed E-state index contributed by atoms with van der Waals surface area (Å²) in [4.78, 5) is 19.0. The molecular weight excluding hydrogens is 382 g/mol. The molecule has 19 heavy (non-hydrogen) atoms. The average Bonchev–Trinajstić information content (AvgIpc) is 2.35. The van der Waals surface area contributed by atoms with Crippen LogP contribution in [0.25, 0.3) is 11.4 Å². The fraction of sp³-hybridized carbons (Fsp3) is 0.231. The number of hydrogen-bond acceptors (Lipinski definition) is 2. The number of hydrogen-bond donors (Lipinski definition) is 1. The second kappa shape index (κ2) is 5.58. The predicted molar refractivity (Wildman–Crippen MR) is 82.1 cm³/mol. The number of aromatic amines is 1. The van der Waals surface area contributed by atoms with Crippen LogP contribution in [0.5, 0.6) is 0 Å². The molecule has 1 aromatic heterocycles. The highest BCUT2D eigenvalue weighted by Gasteiger charge is 2.13. The van der Waals surface area contributed by atoms with Gasteiger partial charge in [-0.2, -0.15) is 0 Å². The van der Waals surface area contributed by atoms with Crippen molar-refractivity contribution in [2.24, 2.45) is 0 Å². The van der Waals surface area contributed by atoms with Crippen LogP contribution < -0.4 is 5.56 Å². The Morgan fingerprint density at radius 3 is 2.68 bits per heavy atom. The fourth-order valence-electron chi connectivity index (χ4n) is 1.64. The van der Waals surface area contributed by atoms with E-state index in [0.29, 0.717) is 15.0 Å². The number of aromatic nitrogens is 2. The molecule has 1 heterocycles. The molecular formula is C13H11ClFIN2O. The molecule has 0 bridgehead atoms. The third-order valence-corrected chi connectivity index (χ3v) is 3.96. The van der Waals surface area contributed by atoms with Crippen molar-refractivity contribution in [3.05, 3.63) is 48.7 Å². The Labute approximate surface area is 128 Å². The number of nitrogens with one attached hydrogen (secondary N) is 1. The summed E-state index contributed by atoms with van der Waals surface area (Å²) in [6, 6.07) is 4.24. The minimum atomic E-state index is -0.498. The van der Waals surface area contributed by atoms with E-state index in [0.717, 1.165) is 5.69 Å². The average molecular weight is 393 g/mol. The van der Waals surface area contributed by atoms with Gasteiger partial charge in [0, 0.05) is 5.56 Å². The van der Waals surface area contributed by atoms with Gasteiger partial charge in [-0.25, -0.2) is 9.37 Å². The van der Waals surface area contributed by atoms with Gasteiger partial charge < -0.3 is 4.98 Å². The Morgan fingerprint density at radius 2 is 2.11 bits per heavy atom. The Hall–Kier alpha value is -0.950. The van der Waals surface area contributed by atoms with E-state index >= 15 is 0 Å². The zero-order chi connectivity index (χ0) is 14.2. The van der Waals surface area contributed by atoms with Crippen molar-refractivity contribution in [2.45, 2.75) is 19.8 Å². The summed E-state index contributed by atoms with van der Waals surface area (Å²) < 4.78 is 13.7. The van der Waals surface area contributed by atoms with Crippen LogP contribution in [0.1, 0.15) is 25.5 Å². The van der Waals surface area contributed by atoms with Crippen LogP contribution in [0, 0.1) is 9.39 Å². The lowest BCUT2D eigenvalue weighted by Crippen LogP contribution is -2.17. The lowest BCUT2D eigenvalue weighted by Gasteiger charge is -2.09. The maximum Gasteiger partial charge on any atom is 0.264 e. The smallest absolute Gasteiger partial charge is 0.264 e. The zero-order valence-corrected chi connectivity index (χ0v) is 13.2. The molecule has 6 heteroatoms. The molecule has 0 saturated carbocycles. The highest BCUT2D eigenvalue weighted by molar-refractivity contribution is 14.1. The molecule has 0 saturated heterocycles. The third-order valence-electron chi connectivity index (χ3n) is 2.63. The van der Waals surface area contributed by atoms with E-state index in [2.05, 4.69) is 9.97 Å². The van der Waals surface area contributed by atoms with Gasteiger partial charge in [0.05, 0.1) is 14.3 Å². The Morgan fingerprint density at radius 1 is 1.42 bits per heavy atom. The molecule has 0 spiro atoms. The van der Waals surface area contributed by atoms with Crippen molar-refractivity contribution in [1.82, 2.24) is 9.97 Å². The SMILES string of the molecule is CC(C)c1nc(-c2ccc(F)c(Cl)c2)[nH]c(=O)c1I. The van der Waals surface area contributed by atoms with Gasteiger partial charge in [-0.1, -0.05) is 25.4 Å². The van der Waals surface area contributed by atoms with Crippen molar-refractivity contribution in [3.63, 3.8) is 0 Å². The molecule has 2 rings (SSSR count). The molecule has 1 aromatic carbocycles. The van der Waals surface area contributed by atoms with Crippen molar-refractivity contribution >= 4 is 34.2 Å². The quantitative estimate of drug-likeness (QED) is 0.787. The normalized spacial score (nSPS) is 11.1. The summed E-state index contributed by atoms with van der Waals surface area (Å²) in [5, 5.41) is 0.00444. The van der Waals surface area contributed by atoms with Crippen molar-refractivity contribution in [1.29, 1.82) is 0 Å². The molecule has 1 N–H and O–H groups in total. The van der Waals surface area contributed by atoms with Crippen LogP contribution in [-0.4, -0.2) is 9.97 Å². The number of H-pyrrole nitrogens is 1. The van der Waals surface area contributed by atoms with Crippen molar-refractivity contribution < 1.29 is 4.39 Å². The summed E-state index contributed by atoms with van der Waals surface area (Å²) in [7, 11) is 0. The first-order chi connectivity index (χ1) is 8.90. The summed E-state index contributed by atoms with van der Waals surface area (Å²) >= 11 is 7.72. The molecule has 0 aliphatic rings. The Kier molecular flexibility index (Phi) is 4.25. The monoisotopic (exact) mass is 392 g/mol. The largest absolute Gasteiger partial charge is 0.306 e. The van der Waals surface area contributed by atoms with Gasteiger partial charge in [-0.3, -0.25) is 4.79 Å². The van der Waals surface area contributed by atoms with Crippen molar-refractivity contribution in [2.75, 3.05) is 0 Å². The molecule has 3 nitrogen and oxygen atoms in total. The predicted octanol–water partition coefficient (Wildman–Crippen LogP) is 3.96. The summed E-state index contributed by atoms with van der Waals surface area (Å²) in [5.74, 6) is 0.0299. The van der Waals surface area contributed by atoms with Gasteiger partial charge in [0.1, 0.15) is 11.6 Å². The van der Waals surface area contributed by atoms with Crippen LogP contribution >= 0.6 is 34.2 Å². The standard InChI is InChI=1S/C13H11ClFIN2O/c1-6(2)11-10(16)13(19)18-12(17-11)7-3-4-9(15)8(14)5-7/h3-6H,1-2H3,(H,17,18,19). The minimum absolute atomic E-state index is 0.00444. The highest BCUT2D eigenvalue weighted by Crippen LogP contribution is 2.24. The summed E-state index contributed by atoms with van der Waals surface area (Å²) in [5.41, 5.74) is 1.11. The molecule has 0 aliphatic carbocycles. The topological polar surface area (TPSA) is 45.8 Å². The van der Waals surface area contributed by atoms with E-state index < -0.39 is 5.82 Å². The Balaban J connectivity index is 2.63. The molecule has 100 valence electrons. The van der Waals surface area contributed by atoms with Crippen molar-refractivity contribution in [3.8, 4) is 11.4 Å². The van der Waals surface area contributed by atoms with Crippen LogP contribution in [0.3, 0.4) is 0 Å². The maximum atomic E-state index is 13.1. The first kappa shape index (κ1) is 14.5. The lowest BCUT2D eigenvalue weighted by molar-refractivity contribution is 0.628. The van der Waals surface area contributed by atoms with Crippen LogP contribution in [0.2, 0.25) is 5.02 Å². The minimum Gasteiger partial charge on any atom is -0.306 e. The molecule has 0 unspecified atom stereocenters. The summed E-state index contributed by atoms with van der Waals surface area (Å²) in [6.45, 7) is 3.93. The van der Waals surface area contributed by atoms with Gasteiger partial charge >= 0.3 is 0 Å². The first-order valence-electron chi connectivity index (χ1n) is 5.65. The van der Waals surface area contributed by atoms with E-state index in [1.54, 1.807) is 0 Å². The van der Waals surface area contributed by atoms with Crippen LogP contribution in [0.15, 0.2) is 23.0 Å². The highest BCUT2D eigenvalue weighted by atomic mass is 127. The zero-order valence-electron chi connectivity index (χ0n) is 10.3. The van der Waals surface area contributed by atoms with Gasteiger partial charge in [0.25, 0.3) is 5.56 Å². The molecule has 2 aromatic rings. The van der Waals surface area contributed by atoms with Gasteiger partial charge in [0.2, 0.25) is 0 Å². The maximum absolute atomic E-state index is 13.1. The first-order valence-corrected chi connectivity index (χ1v) is 7.11. The van der Waals surface area contributed by atoms with E-state index in [1.807, 2.05) is 36.4 Å². The second-order valence-electron chi connectivity index (χ2n) is 4.40. The van der Waals surface area contributed by atoms with Crippen LogP contribution in [0.4, 0.5) is 4.39 Å².